The molecular weight excluding hydrogens is 289 g/mol. The van der Waals surface area contributed by atoms with Crippen molar-refractivity contribution in [2.75, 3.05) is 5.75 Å². The normalized spacial score (nSPS) is 21.1. The van der Waals surface area contributed by atoms with E-state index in [1.54, 1.807) is 0 Å². The zero-order valence-electron chi connectivity index (χ0n) is 11.5. The fraction of sp³-hybridized carbons (Fsp3) is 0.667. The van der Waals surface area contributed by atoms with Crippen molar-refractivity contribution in [1.82, 2.24) is 10.6 Å². The molecule has 2 atom stereocenters. The molecule has 1 aliphatic rings. The van der Waals surface area contributed by atoms with E-state index in [0.29, 0.717) is 5.75 Å². The molecule has 2 N–H and O–H groups in total. The van der Waals surface area contributed by atoms with Crippen LogP contribution in [-0.2, 0) is 4.79 Å². The van der Waals surface area contributed by atoms with Gasteiger partial charge in [0.15, 0.2) is 22.4 Å². The molecular formula is C12H19ClFN3OS. The molecule has 0 amide bonds. The molecule has 4 nitrogen and oxygen atoms in total. The van der Waals surface area contributed by atoms with Crippen molar-refractivity contribution in [2.45, 2.75) is 39.4 Å². The van der Waals surface area contributed by atoms with Crippen molar-refractivity contribution in [3.8, 4) is 0 Å². The molecule has 1 rings (SSSR count). The summed E-state index contributed by atoms with van der Waals surface area (Å²) in [5.74, 6) is 0.188. The van der Waals surface area contributed by atoms with Crippen LogP contribution in [0, 0.1) is 5.41 Å². The summed E-state index contributed by atoms with van der Waals surface area (Å²) >= 11 is 7.00. The third-order valence-electron chi connectivity index (χ3n) is 2.63. The van der Waals surface area contributed by atoms with Crippen LogP contribution in [0.5, 0.6) is 0 Å². The molecule has 0 aromatic rings. The van der Waals surface area contributed by atoms with Crippen LogP contribution in [0.3, 0.4) is 0 Å². The largest absolute Gasteiger partial charge is 0.364 e. The van der Waals surface area contributed by atoms with Crippen LogP contribution in [0.4, 0.5) is 4.39 Å². The van der Waals surface area contributed by atoms with Crippen molar-refractivity contribution in [1.29, 1.82) is 0 Å². The van der Waals surface area contributed by atoms with E-state index in [1.165, 1.54) is 24.9 Å². The van der Waals surface area contributed by atoms with Crippen LogP contribution < -0.4 is 10.6 Å². The topological polar surface area (TPSA) is 53.5 Å². The summed E-state index contributed by atoms with van der Waals surface area (Å²) in [6.45, 7) is 7.58. The monoisotopic (exact) mass is 307 g/mol. The maximum atomic E-state index is 13.6. The minimum Gasteiger partial charge on any atom is -0.364 e. The SMILES string of the molecule is CC(=O)SC[C@@H](NC1=NC(Cl)NC=C1F)C(C)(C)C. The predicted molar refractivity (Wildman–Crippen MR) is 78.9 cm³/mol. The summed E-state index contributed by atoms with van der Waals surface area (Å²) in [5.41, 5.74) is -0.819. The predicted octanol–water partition coefficient (Wildman–Crippen LogP) is 2.61. The fourth-order valence-electron chi connectivity index (χ4n) is 1.40. The van der Waals surface area contributed by atoms with Crippen molar-refractivity contribution < 1.29 is 9.18 Å². The quantitative estimate of drug-likeness (QED) is 0.621. The average molecular weight is 308 g/mol. The molecule has 0 spiro atoms. The third kappa shape index (κ3) is 5.40. The van der Waals surface area contributed by atoms with E-state index < -0.39 is 11.5 Å². The summed E-state index contributed by atoms with van der Waals surface area (Å²) in [6.07, 6.45) is 1.19. The lowest BCUT2D eigenvalue weighted by Crippen LogP contribution is -2.47. The van der Waals surface area contributed by atoms with Crippen molar-refractivity contribution in [3.63, 3.8) is 0 Å². The van der Waals surface area contributed by atoms with Crippen molar-refractivity contribution >= 4 is 34.3 Å². The number of hydrogen-bond donors (Lipinski definition) is 2. The second-order valence-corrected chi connectivity index (χ2v) is 6.95. The van der Waals surface area contributed by atoms with Crippen LogP contribution in [0.2, 0.25) is 0 Å². The number of halogens is 2. The Bertz CT molecular complexity index is 406. The minimum atomic E-state index is -0.678. The lowest BCUT2D eigenvalue weighted by atomic mass is 9.88. The molecule has 0 aliphatic carbocycles. The molecule has 0 bridgehead atoms. The second-order valence-electron chi connectivity index (χ2n) is 5.34. The summed E-state index contributed by atoms with van der Waals surface area (Å²) in [7, 11) is 0. The highest BCUT2D eigenvalue weighted by Crippen LogP contribution is 2.24. The van der Waals surface area contributed by atoms with Gasteiger partial charge in [-0.15, -0.1) is 0 Å². The van der Waals surface area contributed by atoms with Crippen LogP contribution >= 0.6 is 23.4 Å². The standard InChI is InChI=1S/C12H19ClFN3OS/c1-7(18)19-6-9(12(2,3)4)16-10-8(14)5-15-11(13)17-10/h5,9,11,15H,6H2,1-4H3,(H,16,17)/t9-,11?/m1/s1. The lowest BCUT2D eigenvalue weighted by Gasteiger charge is -2.32. The van der Waals surface area contributed by atoms with Gasteiger partial charge in [-0.1, -0.05) is 44.1 Å². The molecule has 19 heavy (non-hydrogen) atoms. The number of rotatable bonds is 3. The Labute approximate surface area is 122 Å². The number of thioether (sulfide) groups is 1. The molecule has 1 aliphatic heterocycles. The lowest BCUT2D eigenvalue weighted by molar-refractivity contribution is -0.109. The molecule has 0 saturated heterocycles. The van der Waals surface area contributed by atoms with E-state index >= 15 is 0 Å². The Morgan fingerprint density at radius 3 is 2.84 bits per heavy atom. The van der Waals surface area contributed by atoms with Gasteiger partial charge in [-0.3, -0.25) is 4.79 Å². The first-order valence-electron chi connectivity index (χ1n) is 5.94. The third-order valence-corrected chi connectivity index (χ3v) is 3.76. The fourth-order valence-corrected chi connectivity index (χ4v) is 2.55. The van der Waals surface area contributed by atoms with Gasteiger partial charge in [-0.25, -0.2) is 9.38 Å². The second kappa shape index (κ2) is 6.61. The van der Waals surface area contributed by atoms with Crippen molar-refractivity contribution in [2.24, 2.45) is 10.4 Å². The Morgan fingerprint density at radius 2 is 2.32 bits per heavy atom. The number of nitrogens with zero attached hydrogens (tertiary/aromatic N) is 1. The van der Waals surface area contributed by atoms with Crippen LogP contribution in [0.15, 0.2) is 17.0 Å². The van der Waals surface area contributed by atoms with Crippen LogP contribution in [0.25, 0.3) is 0 Å². The van der Waals surface area contributed by atoms with E-state index in [4.69, 9.17) is 11.6 Å². The first-order chi connectivity index (χ1) is 8.70. The molecule has 0 saturated carbocycles. The smallest absolute Gasteiger partial charge is 0.197 e. The molecule has 0 radical (unpaired) electrons. The number of aliphatic imine (C=N–C) groups is 1. The van der Waals surface area contributed by atoms with Crippen molar-refractivity contribution in [3.05, 3.63) is 12.0 Å². The van der Waals surface area contributed by atoms with Gasteiger partial charge < -0.3 is 10.6 Å². The molecule has 7 heteroatoms. The Balaban J connectivity index is 2.77. The molecule has 1 unspecified atom stereocenters. The molecule has 1 heterocycles. The first kappa shape index (κ1) is 16.3. The highest BCUT2D eigenvalue weighted by atomic mass is 35.5. The maximum absolute atomic E-state index is 13.6. The first-order valence-corrected chi connectivity index (χ1v) is 7.36. The van der Waals surface area contributed by atoms with Gasteiger partial charge >= 0.3 is 0 Å². The number of carbonyl (C=O) groups is 1. The van der Waals surface area contributed by atoms with Crippen LogP contribution in [0.1, 0.15) is 27.7 Å². The van der Waals surface area contributed by atoms with Gasteiger partial charge in [-0.2, -0.15) is 0 Å². The van der Waals surface area contributed by atoms with Gasteiger partial charge in [0.2, 0.25) is 0 Å². The zero-order chi connectivity index (χ0) is 14.6. The zero-order valence-corrected chi connectivity index (χ0v) is 13.0. The van der Waals surface area contributed by atoms with E-state index in [2.05, 4.69) is 15.6 Å². The van der Waals surface area contributed by atoms with Gasteiger partial charge in [0, 0.05) is 24.9 Å². The average Bonchev–Trinajstić information content (AvgIpc) is 2.26. The van der Waals surface area contributed by atoms with E-state index in [-0.39, 0.29) is 22.4 Å². The number of hydrogen-bond acceptors (Lipinski definition) is 5. The number of nitrogens with one attached hydrogen (secondary N) is 2. The number of carbonyl (C=O) groups excluding carboxylic acids is 1. The molecule has 108 valence electrons. The maximum Gasteiger partial charge on any atom is 0.197 e. The van der Waals surface area contributed by atoms with Gasteiger partial charge in [-0.05, 0) is 5.41 Å². The highest BCUT2D eigenvalue weighted by Gasteiger charge is 2.28. The molecule has 0 aromatic heterocycles. The van der Waals surface area contributed by atoms with E-state index in [0.717, 1.165) is 0 Å². The van der Waals surface area contributed by atoms with E-state index in [1.807, 2.05) is 20.8 Å². The van der Waals surface area contributed by atoms with Gasteiger partial charge in [0.25, 0.3) is 0 Å². The molecule has 0 aromatic carbocycles. The van der Waals surface area contributed by atoms with E-state index in [9.17, 15) is 9.18 Å². The minimum absolute atomic E-state index is 0.0366. The summed E-state index contributed by atoms with van der Waals surface area (Å²) in [6, 6.07) is -0.0960. The van der Waals surface area contributed by atoms with Crippen LogP contribution in [-0.4, -0.2) is 28.4 Å². The Morgan fingerprint density at radius 1 is 1.68 bits per heavy atom. The summed E-state index contributed by atoms with van der Waals surface area (Å²) in [4.78, 5) is 15.0. The summed E-state index contributed by atoms with van der Waals surface area (Å²) < 4.78 is 13.6. The Kier molecular flexibility index (Phi) is 5.67. The number of amidine groups is 1. The Hall–Kier alpha value is -0.750. The van der Waals surface area contributed by atoms with Gasteiger partial charge in [0.1, 0.15) is 0 Å². The summed E-state index contributed by atoms with van der Waals surface area (Å²) in [5, 5.41) is 5.64. The molecule has 0 fully saturated rings. The number of alkyl halides is 1. The van der Waals surface area contributed by atoms with Gasteiger partial charge in [0.05, 0.1) is 0 Å². The highest BCUT2D eigenvalue weighted by molar-refractivity contribution is 8.13.